The van der Waals surface area contributed by atoms with Crippen LogP contribution in [-0.2, 0) is 0 Å². The maximum atomic E-state index is 5.78. The Labute approximate surface area is 116 Å². The van der Waals surface area contributed by atoms with E-state index < -0.39 is 0 Å². The van der Waals surface area contributed by atoms with Crippen molar-refractivity contribution in [3.05, 3.63) is 34.1 Å². The van der Waals surface area contributed by atoms with E-state index >= 15 is 0 Å². The number of ether oxygens (including phenoxy) is 2. The molecule has 0 N–H and O–H groups in total. The lowest BCUT2D eigenvalue weighted by atomic mass is 10.1. The molecule has 0 saturated carbocycles. The van der Waals surface area contributed by atoms with Crippen LogP contribution in [0.1, 0.15) is 16.7 Å². The van der Waals surface area contributed by atoms with Crippen molar-refractivity contribution in [2.24, 2.45) is 0 Å². The van der Waals surface area contributed by atoms with Gasteiger partial charge in [0.15, 0.2) is 0 Å². The van der Waals surface area contributed by atoms with Crippen LogP contribution in [0, 0.1) is 20.8 Å². The molecule has 1 aromatic carbocycles. The van der Waals surface area contributed by atoms with E-state index in [-0.39, 0.29) is 17.3 Å². The van der Waals surface area contributed by atoms with Gasteiger partial charge in [-0.1, -0.05) is 12.1 Å². The maximum Gasteiger partial charge on any atom is 0.329 e. The second kappa shape index (κ2) is 5.40. The van der Waals surface area contributed by atoms with Crippen LogP contribution in [0.3, 0.4) is 0 Å². The van der Waals surface area contributed by atoms with Crippen molar-refractivity contribution in [1.82, 2.24) is 15.0 Å². The first kappa shape index (κ1) is 13.5. The van der Waals surface area contributed by atoms with E-state index in [1.807, 2.05) is 32.9 Å². The molecule has 0 atom stereocenters. The molecule has 0 radical (unpaired) electrons. The van der Waals surface area contributed by atoms with Crippen molar-refractivity contribution in [2.75, 3.05) is 7.11 Å². The molecule has 0 aliphatic carbocycles. The van der Waals surface area contributed by atoms with Gasteiger partial charge in [0.05, 0.1) is 7.11 Å². The molecule has 6 heteroatoms. The lowest BCUT2D eigenvalue weighted by Gasteiger charge is -2.12. The Morgan fingerprint density at radius 1 is 0.947 bits per heavy atom. The van der Waals surface area contributed by atoms with Crippen LogP contribution in [0.15, 0.2) is 12.1 Å². The predicted molar refractivity (Wildman–Crippen MR) is 72.1 cm³/mol. The zero-order valence-electron chi connectivity index (χ0n) is 11.2. The fourth-order valence-electron chi connectivity index (χ4n) is 1.63. The molecule has 100 valence electrons. The van der Waals surface area contributed by atoms with E-state index in [9.17, 15) is 0 Å². The first-order valence-electron chi connectivity index (χ1n) is 5.71. The fourth-order valence-corrected chi connectivity index (χ4v) is 1.77. The van der Waals surface area contributed by atoms with Gasteiger partial charge in [-0.05, 0) is 49.1 Å². The molecule has 2 rings (SSSR count). The fraction of sp³-hybridized carbons (Fsp3) is 0.308. The molecule has 0 aliphatic heterocycles. The topological polar surface area (TPSA) is 57.1 Å². The number of aromatic nitrogens is 3. The van der Waals surface area contributed by atoms with E-state index in [0.717, 1.165) is 22.4 Å². The van der Waals surface area contributed by atoms with E-state index in [0.29, 0.717) is 0 Å². The number of hydrogen-bond acceptors (Lipinski definition) is 5. The smallest absolute Gasteiger partial charge is 0.329 e. The minimum Gasteiger partial charge on any atom is -0.467 e. The quantitative estimate of drug-likeness (QED) is 0.863. The average Bonchev–Trinajstić information content (AvgIpc) is 2.38. The first-order valence-corrected chi connectivity index (χ1v) is 6.09. The van der Waals surface area contributed by atoms with Crippen LogP contribution in [0.2, 0.25) is 5.28 Å². The SMILES string of the molecule is COc1nc(Cl)nc(Oc2c(C)ccc(C)c2C)n1. The molecule has 5 nitrogen and oxygen atoms in total. The molecule has 1 heterocycles. The van der Waals surface area contributed by atoms with Crippen LogP contribution < -0.4 is 9.47 Å². The highest BCUT2D eigenvalue weighted by Crippen LogP contribution is 2.29. The van der Waals surface area contributed by atoms with E-state index in [4.69, 9.17) is 21.1 Å². The number of rotatable bonds is 3. The summed E-state index contributed by atoms with van der Waals surface area (Å²) in [7, 11) is 1.46. The van der Waals surface area contributed by atoms with Crippen molar-refractivity contribution >= 4 is 11.6 Å². The van der Waals surface area contributed by atoms with Gasteiger partial charge in [-0.3, -0.25) is 0 Å². The van der Waals surface area contributed by atoms with Gasteiger partial charge in [-0.25, -0.2) is 0 Å². The summed E-state index contributed by atoms with van der Waals surface area (Å²) in [6.45, 7) is 5.96. The molecule has 2 aromatic rings. The minimum atomic E-state index is 0.0322. The Hall–Kier alpha value is -1.88. The van der Waals surface area contributed by atoms with Crippen molar-refractivity contribution in [3.63, 3.8) is 0 Å². The third kappa shape index (κ3) is 2.93. The van der Waals surface area contributed by atoms with Gasteiger partial charge in [-0.2, -0.15) is 9.97 Å². The van der Waals surface area contributed by atoms with E-state index in [1.165, 1.54) is 7.11 Å². The highest BCUT2D eigenvalue weighted by Gasteiger charge is 2.12. The monoisotopic (exact) mass is 279 g/mol. The number of methoxy groups -OCH3 is 1. The average molecular weight is 280 g/mol. The molecule has 0 saturated heterocycles. The summed E-state index contributed by atoms with van der Waals surface area (Å²) in [5, 5.41) is 0.0322. The standard InChI is InChI=1S/C13H14ClN3O2/c1-7-5-6-8(2)10(9(7)3)19-13-16-11(14)15-12(17-13)18-4/h5-6H,1-4H3. The molecule has 0 aliphatic rings. The molecule has 0 unspecified atom stereocenters. The number of aryl methyl sites for hydroxylation is 2. The van der Waals surface area contributed by atoms with Gasteiger partial charge in [0.25, 0.3) is 0 Å². The number of benzene rings is 1. The van der Waals surface area contributed by atoms with Crippen molar-refractivity contribution in [1.29, 1.82) is 0 Å². The third-order valence-electron chi connectivity index (χ3n) is 2.82. The maximum absolute atomic E-state index is 5.78. The second-order valence-electron chi connectivity index (χ2n) is 4.13. The van der Waals surface area contributed by atoms with Crippen molar-refractivity contribution < 1.29 is 9.47 Å². The number of hydrogen-bond donors (Lipinski definition) is 0. The largest absolute Gasteiger partial charge is 0.467 e. The Kier molecular flexibility index (Phi) is 3.85. The van der Waals surface area contributed by atoms with Crippen LogP contribution in [0.25, 0.3) is 0 Å². The second-order valence-corrected chi connectivity index (χ2v) is 4.47. The number of halogens is 1. The highest BCUT2D eigenvalue weighted by atomic mass is 35.5. The van der Waals surface area contributed by atoms with Crippen LogP contribution in [-0.4, -0.2) is 22.1 Å². The minimum absolute atomic E-state index is 0.0322. The van der Waals surface area contributed by atoms with Gasteiger partial charge < -0.3 is 9.47 Å². The van der Waals surface area contributed by atoms with Gasteiger partial charge in [0.2, 0.25) is 5.28 Å². The van der Waals surface area contributed by atoms with Crippen LogP contribution in [0.5, 0.6) is 17.8 Å². The van der Waals surface area contributed by atoms with Crippen LogP contribution in [0.4, 0.5) is 0 Å². The van der Waals surface area contributed by atoms with Crippen LogP contribution >= 0.6 is 11.6 Å². The van der Waals surface area contributed by atoms with Crippen molar-refractivity contribution in [2.45, 2.75) is 20.8 Å². The Morgan fingerprint density at radius 3 is 2.26 bits per heavy atom. The zero-order chi connectivity index (χ0) is 14.0. The molecule has 0 amide bonds. The molecule has 0 bridgehead atoms. The van der Waals surface area contributed by atoms with E-state index in [1.54, 1.807) is 0 Å². The zero-order valence-corrected chi connectivity index (χ0v) is 11.9. The molecular formula is C13H14ClN3O2. The Bertz CT molecular complexity index is 617. The lowest BCUT2D eigenvalue weighted by molar-refractivity contribution is 0.358. The lowest BCUT2D eigenvalue weighted by Crippen LogP contribution is -2.01. The molecular weight excluding hydrogens is 266 g/mol. The van der Waals surface area contributed by atoms with Gasteiger partial charge in [0.1, 0.15) is 5.75 Å². The van der Waals surface area contributed by atoms with Gasteiger partial charge in [0, 0.05) is 0 Å². The Morgan fingerprint density at radius 2 is 1.58 bits per heavy atom. The summed E-state index contributed by atoms with van der Waals surface area (Å²) in [4.78, 5) is 11.7. The summed E-state index contributed by atoms with van der Waals surface area (Å²) < 4.78 is 10.6. The van der Waals surface area contributed by atoms with Gasteiger partial charge >= 0.3 is 12.0 Å². The van der Waals surface area contributed by atoms with Gasteiger partial charge in [-0.15, -0.1) is 4.98 Å². The summed E-state index contributed by atoms with van der Waals surface area (Å²) in [5.41, 5.74) is 3.17. The van der Waals surface area contributed by atoms with Crippen molar-refractivity contribution in [3.8, 4) is 17.8 Å². The highest BCUT2D eigenvalue weighted by molar-refractivity contribution is 6.28. The summed E-state index contributed by atoms with van der Waals surface area (Å²) in [6, 6.07) is 4.27. The van der Waals surface area contributed by atoms with E-state index in [2.05, 4.69) is 15.0 Å². The normalized spacial score (nSPS) is 10.4. The molecule has 0 spiro atoms. The third-order valence-corrected chi connectivity index (χ3v) is 2.99. The summed E-state index contributed by atoms with van der Waals surface area (Å²) >= 11 is 5.78. The summed E-state index contributed by atoms with van der Waals surface area (Å²) in [6.07, 6.45) is 0. The molecule has 1 aromatic heterocycles. The summed E-state index contributed by atoms with van der Waals surface area (Å²) in [5.74, 6) is 0.726. The molecule has 19 heavy (non-hydrogen) atoms. The molecule has 0 fully saturated rings. The number of nitrogens with zero attached hydrogens (tertiary/aromatic N) is 3. The first-order chi connectivity index (χ1) is 9.01. The predicted octanol–water partition coefficient (Wildman–Crippen LogP) is 3.25. The Balaban J connectivity index is 2.41.